The van der Waals surface area contributed by atoms with Crippen molar-refractivity contribution < 1.29 is 31.9 Å². The van der Waals surface area contributed by atoms with Crippen LogP contribution in [0.2, 0.25) is 0 Å². The molecule has 0 saturated carbocycles. The molecule has 4 rings (SSSR count). The molecule has 1 aliphatic rings. The largest absolute Gasteiger partial charge is 0.495 e. The molecule has 0 aliphatic carbocycles. The van der Waals surface area contributed by atoms with E-state index in [0.717, 1.165) is 16.8 Å². The quantitative estimate of drug-likeness (QED) is 0.531. The van der Waals surface area contributed by atoms with Crippen LogP contribution in [0.5, 0.6) is 17.2 Å². The van der Waals surface area contributed by atoms with Crippen LogP contribution < -0.4 is 19.5 Å². The van der Waals surface area contributed by atoms with Gasteiger partial charge in [-0.3, -0.25) is 4.79 Å². The number of ether oxygens (including phenoxy) is 3. The number of hydrogen-bond acceptors (Lipinski definition) is 8. The third kappa shape index (κ3) is 4.80. The Hall–Kier alpha value is -3.53. The minimum Gasteiger partial charge on any atom is -0.495 e. The third-order valence-corrected chi connectivity index (χ3v) is 7.17. The van der Waals surface area contributed by atoms with E-state index in [4.69, 9.17) is 18.7 Å². The molecule has 0 unspecified atom stereocenters. The minimum atomic E-state index is -3.81. The standard InChI is InChI=1S/C23H24N2O7S/c1-14-15(2)25-32-23(14)17-5-7-19(29-3)21(11-17)33(27,28)9-8-22(26)24-12-16-4-6-18-20(10-16)31-13-30-18/h4-7,10-11H,8-9,12-13H2,1-3H3,(H,24,26). The van der Waals surface area contributed by atoms with Crippen LogP contribution in [-0.4, -0.2) is 39.1 Å². The minimum absolute atomic E-state index is 0.000441. The average molecular weight is 473 g/mol. The summed E-state index contributed by atoms with van der Waals surface area (Å²) in [5.41, 5.74) is 2.94. The van der Waals surface area contributed by atoms with E-state index in [-0.39, 0.29) is 42.1 Å². The molecule has 174 valence electrons. The second-order valence-electron chi connectivity index (χ2n) is 7.62. The Kier molecular flexibility index (Phi) is 6.28. The zero-order valence-corrected chi connectivity index (χ0v) is 19.3. The summed E-state index contributed by atoms with van der Waals surface area (Å²) in [6.45, 7) is 4.08. The van der Waals surface area contributed by atoms with Gasteiger partial charge >= 0.3 is 0 Å². The molecule has 1 aromatic heterocycles. The van der Waals surface area contributed by atoms with Crippen LogP contribution in [0.25, 0.3) is 11.3 Å². The van der Waals surface area contributed by atoms with Crippen LogP contribution in [0.15, 0.2) is 45.8 Å². The molecule has 1 N–H and O–H groups in total. The van der Waals surface area contributed by atoms with Crippen LogP contribution in [0.1, 0.15) is 23.2 Å². The first-order valence-electron chi connectivity index (χ1n) is 10.3. The molecular formula is C23H24N2O7S. The summed E-state index contributed by atoms with van der Waals surface area (Å²) in [5, 5.41) is 6.66. The number of hydrogen-bond donors (Lipinski definition) is 1. The van der Waals surface area contributed by atoms with Crippen molar-refractivity contribution in [1.29, 1.82) is 0 Å². The smallest absolute Gasteiger partial charge is 0.231 e. The lowest BCUT2D eigenvalue weighted by atomic mass is 10.1. The van der Waals surface area contributed by atoms with Crippen LogP contribution >= 0.6 is 0 Å². The zero-order valence-electron chi connectivity index (χ0n) is 18.5. The van der Waals surface area contributed by atoms with Gasteiger partial charge in [0.15, 0.2) is 27.1 Å². The number of methoxy groups -OCH3 is 1. The van der Waals surface area contributed by atoms with Gasteiger partial charge in [-0.1, -0.05) is 11.2 Å². The first-order chi connectivity index (χ1) is 15.8. The second-order valence-corrected chi connectivity index (χ2v) is 9.70. The molecule has 9 nitrogen and oxygen atoms in total. The fourth-order valence-corrected chi connectivity index (χ4v) is 4.86. The van der Waals surface area contributed by atoms with E-state index in [1.165, 1.54) is 13.2 Å². The van der Waals surface area contributed by atoms with E-state index in [1.54, 1.807) is 24.3 Å². The van der Waals surface area contributed by atoms with Crippen molar-refractivity contribution in [3.05, 3.63) is 53.2 Å². The molecule has 0 radical (unpaired) electrons. The lowest BCUT2D eigenvalue weighted by Gasteiger charge is -2.11. The number of aryl methyl sites for hydroxylation is 1. The Morgan fingerprint density at radius 2 is 1.91 bits per heavy atom. The van der Waals surface area contributed by atoms with Crippen LogP contribution in [0, 0.1) is 13.8 Å². The van der Waals surface area contributed by atoms with Crippen molar-refractivity contribution in [2.45, 2.75) is 31.7 Å². The molecule has 1 aliphatic heterocycles. The van der Waals surface area contributed by atoms with E-state index in [0.29, 0.717) is 22.8 Å². The predicted molar refractivity (Wildman–Crippen MR) is 119 cm³/mol. The number of amides is 1. The number of nitrogens with zero attached hydrogens (tertiary/aromatic N) is 1. The summed E-state index contributed by atoms with van der Waals surface area (Å²) in [6, 6.07) is 10.1. The number of carbonyl (C=O) groups excluding carboxylic acids is 1. The number of carbonyl (C=O) groups is 1. The van der Waals surface area contributed by atoms with Gasteiger partial charge in [0.25, 0.3) is 0 Å². The van der Waals surface area contributed by atoms with Gasteiger partial charge in [0.1, 0.15) is 10.6 Å². The Bertz CT molecular complexity index is 1300. The van der Waals surface area contributed by atoms with Crippen molar-refractivity contribution in [2.24, 2.45) is 0 Å². The highest BCUT2D eigenvalue weighted by Crippen LogP contribution is 2.34. The Morgan fingerprint density at radius 1 is 1.12 bits per heavy atom. The van der Waals surface area contributed by atoms with Crippen molar-refractivity contribution >= 4 is 15.7 Å². The Balaban J connectivity index is 1.44. The summed E-state index contributed by atoms with van der Waals surface area (Å²) in [5.74, 6) is 1.22. The predicted octanol–water partition coefficient (Wildman–Crippen LogP) is 3.18. The lowest BCUT2D eigenvalue weighted by Crippen LogP contribution is -2.25. The van der Waals surface area contributed by atoms with Gasteiger partial charge in [-0.05, 0) is 49.7 Å². The number of nitrogens with one attached hydrogen (secondary N) is 1. The second kappa shape index (κ2) is 9.14. The van der Waals surface area contributed by atoms with Gasteiger partial charge in [0, 0.05) is 24.1 Å². The normalized spacial score (nSPS) is 12.6. The summed E-state index contributed by atoms with van der Waals surface area (Å²) in [7, 11) is -2.41. The summed E-state index contributed by atoms with van der Waals surface area (Å²) in [4.78, 5) is 12.3. The summed E-state index contributed by atoms with van der Waals surface area (Å²) in [6.07, 6.45) is -0.194. The first-order valence-corrected chi connectivity index (χ1v) is 11.9. The number of sulfone groups is 1. The van der Waals surface area contributed by atoms with Gasteiger partial charge in [-0.2, -0.15) is 0 Å². The van der Waals surface area contributed by atoms with Crippen molar-refractivity contribution in [3.8, 4) is 28.6 Å². The topological polar surface area (TPSA) is 117 Å². The van der Waals surface area contributed by atoms with E-state index in [9.17, 15) is 13.2 Å². The molecule has 2 aromatic carbocycles. The van der Waals surface area contributed by atoms with Crippen molar-refractivity contribution in [1.82, 2.24) is 10.5 Å². The highest BCUT2D eigenvalue weighted by atomic mass is 32.2. The van der Waals surface area contributed by atoms with E-state index < -0.39 is 9.84 Å². The maximum Gasteiger partial charge on any atom is 0.231 e. The van der Waals surface area contributed by atoms with Crippen molar-refractivity contribution in [3.63, 3.8) is 0 Å². The first kappa shape index (κ1) is 22.7. The molecule has 0 bridgehead atoms. The Labute approximate surface area is 191 Å². The van der Waals surface area contributed by atoms with Gasteiger partial charge in [0.05, 0.1) is 18.6 Å². The summed E-state index contributed by atoms with van der Waals surface area (Å²) >= 11 is 0. The average Bonchev–Trinajstić information content (AvgIpc) is 3.42. The maximum absolute atomic E-state index is 13.1. The number of rotatable bonds is 8. The summed E-state index contributed by atoms with van der Waals surface area (Å²) < 4.78 is 47.3. The molecule has 0 atom stereocenters. The molecule has 1 amide bonds. The van der Waals surface area contributed by atoms with Gasteiger partial charge in [-0.15, -0.1) is 0 Å². The van der Waals surface area contributed by atoms with Crippen LogP contribution in [0.3, 0.4) is 0 Å². The molecule has 10 heteroatoms. The fraction of sp³-hybridized carbons (Fsp3) is 0.304. The van der Waals surface area contributed by atoms with Crippen molar-refractivity contribution in [2.75, 3.05) is 19.7 Å². The molecule has 2 heterocycles. The van der Waals surface area contributed by atoms with E-state index in [2.05, 4.69) is 10.5 Å². The molecule has 0 fully saturated rings. The number of fused-ring (bicyclic) bond motifs is 1. The molecular weight excluding hydrogens is 448 g/mol. The zero-order chi connectivity index (χ0) is 23.6. The highest BCUT2D eigenvalue weighted by molar-refractivity contribution is 7.91. The third-order valence-electron chi connectivity index (χ3n) is 5.44. The Morgan fingerprint density at radius 3 is 2.64 bits per heavy atom. The van der Waals surface area contributed by atoms with Gasteiger partial charge < -0.3 is 24.1 Å². The molecule has 0 spiro atoms. The highest BCUT2D eigenvalue weighted by Gasteiger charge is 2.23. The van der Waals surface area contributed by atoms with Crippen LogP contribution in [0.4, 0.5) is 0 Å². The lowest BCUT2D eigenvalue weighted by molar-refractivity contribution is -0.120. The van der Waals surface area contributed by atoms with E-state index in [1.807, 2.05) is 19.9 Å². The van der Waals surface area contributed by atoms with Crippen LogP contribution in [-0.2, 0) is 21.2 Å². The SMILES string of the molecule is COc1ccc(-c2onc(C)c2C)cc1S(=O)(=O)CCC(=O)NCc1ccc2c(c1)OCO2. The number of benzene rings is 2. The molecule has 33 heavy (non-hydrogen) atoms. The molecule has 3 aromatic rings. The fourth-order valence-electron chi connectivity index (χ4n) is 3.42. The van der Waals surface area contributed by atoms with E-state index >= 15 is 0 Å². The van der Waals surface area contributed by atoms with Gasteiger partial charge in [0.2, 0.25) is 12.7 Å². The maximum atomic E-state index is 13.1. The monoisotopic (exact) mass is 472 g/mol. The number of aromatic nitrogens is 1. The van der Waals surface area contributed by atoms with Gasteiger partial charge in [-0.25, -0.2) is 8.42 Å². The molecule has 0 saturated heterocycles.